The van der Waals surface area contributed by atoms with Crippen LogP contribution in [0.2, 0.25) is 0 Å². The molecule has 2 heterocycles. The lowest BCUT2D eigenvalue weighted by atomic mass is 9.93. The van der Waals surface area contributed by atoms with Gasteiger partial charge in [-0.3, -0.25) is 19.6 Å². The zero-order valence-electron chi connectivity index (χ0n) is 10.3. The first-order chi connectivity index (χ1) is 9.08. The van der Waals surface area contributed by atoms with Gasteiger partial charge in [0, 0.05) is 22.4 Å². The standard InChI is InChI=1S/C13H12IN3O2/c1-17-12-7(3-2-4-9(12)14)11(16-17)8-5-6-10(18)15-13(8)19/h2-4,8H,5-6H2,1H3,(H,15,18,19)/t8-/m0/s1. The molecule has 1 fully saturated rings. The molecule has 0 radical (unpaired) electrons. The average molecular weight is 369 g/mol. The summed E-state index contributed by atoms with van der Waals surface area (Å²) >= 11 is 2.26. The molecule has 2 aromatic rings. The summed E-state index contributed by atoms with van der Waals surface area (Å²) in [7, 11) is 1.87. The largest absolute Gasteiger partial charge is 0.296 e. The minimum atomic E-state index is -0.334. The molecule has 1 aliphatic rings. The molecule has 0 saturated carbocycles. The van der Waals surface area contributed by atoms with Crippen molar-refractivity contribution in [1.82, 2.24) is 15.1 Å². The van der Waals surface area contributed by atoms with Crippen LogP contribution in [0.25, 0.3) is 10.9 Å². The number of aromatic nitrogens is 2. The number of carbonyl (C=O) groups is 2. The van der Waals surface area contributed by atoms with Crippen molar-refractivity contribution in [3.63, 3.8) is 0 Å². The van der Waals surface area contributed by atoms with Crippen LogP contribution < -0.4 is 5.32 Å². The molecular formula is C13H12IN3O2. The van der Waals surface area contributed by atoms with Crippen LogP contribution >= 0.6 is 22.6 Å². The number of para-hydroxylation sites is 1. The van der Waals surface area contributed by atoms with Crippen LogP contribution in [-0.4, -0.2) is 21.6 Å². The molecule has 0 spiro atoms. The number of fused-ring (bicyclic) bond motifs is 1. The Hall–Kier alpha value is -1.44. The number of benzene rings is 1. The van der Waals surface area contributed by atoms with Gasteiger partial charge in [0.05, 0.1) is 17.1 Å². The molecule has 19 heavy (non-hydrogen) atoms. The normalized spacial score (nSPS) is 19.8. The van der Waals surface area contributed by atoms with Crippen LogP contribution in [0.5, 0.6) is 0 Å². The zero-order chi connectivity index (χ0) is 13.6. The summed E-state index contributed by atoms with van der Waals surface area (Å²) in [6.45, 7) is 0. The third kappa shape index (κ3) is 2.03. The van der Waals surface area contributed by atoms with Gasteiger partial charge in [0.1, 0.15) is 0 Å². The second-order valence-corrected chi connectivity index (χ2v) is 5.81. The van der Waals surface area contributed by atoms with Gasteiger partial charge in [-0.15, -0.1) is 0 Å². The van der Waals surface area contributed by atoms with Crippen LogP contribution in [0, 0.1) is 3.57 Å². The Balaban J connectivity index is 2.13. The molecule has 1 aliphatic heterocycles. The first-order valence-electron chi connectivity index (χ1n) is 6.02. The fraction of sp³-hybridized carbons (Fsp3) is 0.308. The summed E-state index contributed by atoms with van der Waals surface area (Å²) in [5, 5.41) is 7.87. The number of nitrogens with one attached hydrogen (secondary N) is 1. The van der Waals surface area contributed by atoms with Crippen LogP contribution in [-0.2, 0) is 16.6 Å². The van der Waals surface area contributed by atoms with E-state index in [-0.39, 0.29) is 17.7 Å². The fourth-order valence-electron chi connectivity index (χ4n) is 2.53. The maximum absolute atomic E-state index is 12.0. The quantitative estimate of drug-likeness (QED) is 0.615. The summed E-state index contributed by atoms with van der Waals surface area (Å²) in [4.78, 5) is 23.2. The van der Waals surface area contributed by atoms with E-state index < -0.39 is 0 Å². The average Bonchev–Trinajstić information content (AvgIpc) is 2.68. The Kier molecular flexibility index (Phi) is 3.04. The maximum Gasteiger partial charge on any atom is 0.235 e. The zero-order valence-corrected chi connectivity index (χ0v) is 12.5. The molecule has 3 rings (SSSR count). The van der Waals surface area contributed by atoms with Gasteiger partial charge in [0.2, 0.25) is 11.8 Å². The molecule has 1 N–H and O–H groups in total. The summed E-state index contributed by atoms with van der Waals surface area (Å²) in [5.41, 5.74) is 1.80. The third-order valence-electron chi connectivity index (χ3n) is 3.41. The van der Waals surface area contributed by atoms with Gasteiger partial charge >= 0.3 is 0 Å². The lowest BCUT2D eigenvalue weighted by Crippen LogP contribution is -2.39. The molecule has 2 amide bonds. The van der Waals surface area contributed by atoms with Gasteiger partial charge in [-0.2, -0.15) is 5.10 Å². The number of aryl methyl sites for hydroxylation is 1. The molecular weight excluding hydrogens is 357 g/mol. The summed E-state index contributed by atoms with van der Waals surface area (Å²) in [5.74, 6) is -0.772. The van der Waals surface area contributed by atoms with Crippen molar-refractivity contribution < 1.29 is 9.59 Å². The van der Waals surface area contributed by atoms with Crippen LogP contribution in [0.1, 0.15) is 24.5 Å². The number of imide groups is 1. The van der Waals surface area contributed by atoms with E-state index >= 15 is 0 Å². The topological polar surface area (TPSA) is 64.0 Å². The van der Waals surface area contributed by atoms with Crippen LogP contribution in [0.3, 0.4) is 0 Å². The fourth-order valence-corrected chi connectivity index (χ4v) is 3.38. The predicted octanol–water partition coefficient (Wildman–Crippen LogP) is 1.70. The lowest BCUT2D eigenvalue weighted by Gasteiger charge is -2.19. The van der Waals surface area contributed by atoms with Crippen molar-refractivity contribution in [3.8, 4) is 0 Å². The van der Waals surface area contributed by atoms with Crippen molar-refractivity contribution in [3.05, 3.63) is 27.5 Å². The second kappa shape index (κ2) is 4.59. The van der Waals surface area contributed by atoms with Crippen LogP contribution in [0.4, 0.5) is 0 Å². The molecule has 0 aliphatic carbocycles. The third-order valence-corrected chi connectivity index (χ3v) is 4.28. The Morgan fingerprint density at radius 1 is 1.42 bits per heavy atom. The number of carbonyl (C=O) groups excluding carboxylic acids is 2. The van der Waals surface area contributed by atoms with E-state index in [1.54, 1.807) is 4.68 Å². The summed E-state index contributed by atoms with van der Waals surface area (Å²) in [6.07, 6.45) is 0.903. The second-order valence-electron chi connectivity index (χ2n) is 4.65. The highest BCUT2D eigenvalue weighted by molar-refractivity contribution is 14.1. The van der Waals surface area contributed by atoms with Crippen molar-refractivity contribution in [1.29, 1.82) is 0 Å². The van der Waals surface area contributed by atoms with E-state index in [1.165, 1.54) is 0 Å². The number of hydrogen-bond acceptors (Lipinski definition) is 3. The van der Waals surface area contributed by atoms with E-state index in [1.807, 2.05) is 25.2 Å². The Morgan fingerprint density at radius 3 is 2.95 bits per heavy atom. The summed E-state index contributed by atoms with van der Waals surface area (Å²) < 4.78 is 2.90. The Morgan fingerprint density at radius 2 is 2.21 bits per heavy atom. The van der Waals surface area contributed by atoms with Gasteiger partial charge in [0.15, 0.2) is 0 Å². The summed E-state index contributed by atoms with van der Waals surface area (Å²) in [6, 6.07) is 5.95. The molecule has 98 valence electrons. The Bertz CT molecular complexity index is 692. The van der Waals surface area contributed by atoms with Gasteiger partial charge in [-0.25, -0.2) is 0 Å². The van der Waals surface area contributed by atoms with E-state index in [9.17, 15) is 9.59 Å². The maximum atomic E-state index is 12.0. The lowest BCUT2D eigenvalue weighted by molar-refractivity contribution is -0.134. The minimum Gasteiger partial charge on any atom is -0.296 e. The van der Waals surface area contributed by atoms with E-state index in [4.69, 9.17) is 0 Å². The van der Waals surface area contributed by atoms with Crippen molar-refractivity contribution in [2.45, 2.75) is 18.8 Å². The van der Waals surface area contributed by atoms with Gasteiger partial charge in [-0.05, 0) is 35.1 Å². The number of nitrogens with zero attached hydrogens (tertiary/aromatic N) is 2. The van der Waals surface area contributed by atoms with E-state index in [0.29, 0.717) is 12.8 Å². The highest BCUT2D eigenvalue weighted by Gasteiger charge is 2.31. The van der Waals surface area contributed by atoms with Crippen molar-refractivity contribution in [2.24, 2.45) is 7.05 Å². The molecule has 0 bridgehead atoms. The molecule has 1 aromatic carbocycles. The van der Waals surface area contributed by atoms with Crippen molar-refractivity contribution >= 4 is 45.3 Å². The van der Waals surface area contributed by atoms with Crippen molar-refractivity contribution in [2.75, 3.05) is 0 Å². The van der Waals surface area contributed by atoms with Crippen LogP contribution in [0.15, 0.2) is 18.2 Å². The first-order valence-corrected chi connectivity index (χ1v) is 7.10. The number of rotatable bonds is 1. The SMILES string of the molecule is Cn1nc([C@@H]2CCC(=O)NC2=O)c2cccc(I)c21. The molecule has 0 unspecified atom stereocenters. The minimum absolute atomic E-state index is 0.198. The van der Waals surface area contributed by atoms with Gasteiger partial charge in [-0.1, -0.05) is 12.1 Å². The highest BCUT2D eigenvalue weighted by atomic mass is 127. The number of amides is 2. The number of halogens is 1. The first kappa shape index (κ1) is 12.6. The predicted molar refractivity (Wildman–Crippen MR) is 78.6 cm³/mol. The Labute approximate surface area is 123 Å². The molecule has 1 atom stereocenters. The highest BCUT2D eigenvalue weighted by Crippen LogP contribution is 2.31. The van der Waals surface area contributed by atoms with E-state index in [2.05, 4.69) is 33.0 Å². The van der Waals surface area contributed by atoms with Gasteiger partial charge in [0.25, 0.3) is 0 Å². The number of piperidine rings is 1. The molecule has 1 aromatic heterocycles. The monoisotopic (exact) mass is 369 g/mol. The number of hydrogen-bond donors (Lipinski definition) is 1. The molecule has 6 heteroatoms. The smallest absolute Gasteiger partial charge is 0.235 e. The molecule has 1 saturated heterocycles. The van der Waals surface area contributed by atoms with Gasteiger partial charge < -0.3 is 0 Å². The van der Waals surface area contributed by atoms with E-state index in [0.717, 1.165) is 20.2 Å². The molecule has 5 nitrogen and oxygen atoms in total.